The molecule has 10 heteroatoms. The number of aromatic amines is 1. The summed E-state index contributed by atoms with van der Waals surface area (Å²) in [6, 6.07) is 16.4. The van der Waals surface area contributed by atoms with Gasteiger partial charge in [0.2, 0.25) is 5.82 Å². The quantitative estimate of drug-likeness (QED) is 0.515. The topological polar surface area (TPSA) is 127 Å². The minimum atomic E-state index is -1.12. The van der Waals surface area contributed by atoms with Crippen LogP contribution in [0.5, 0.6) is 0 Å². The summed E-state index contributed by atoms with van der Waals surface area (Å²) in [7, 11) is 0. The molecule has 0 atom stereocenters. The van der Waals surface area contributed by atoms with Crippen molar-refractivity contribution in [3.63, 3.8) is 0 Å². The van der Waals surface area contributed by atoms with E-state index in [0.717, 1.165) is 4.52 Å². The second-order valence-corrected chi connectivity index (χ2v) is 6.38. The number of hydrogen-bond acceptors (Lipinski definition) is 7. The number of nitrogens with one attached hydrogen (secondary N) is 1. The van der Waals surface area contributed by atoms with E-state index >= 15 is 0 Å². The average Bonchev–Trinajstić information content (AvgIpc) is 3.31. The van der Waals surface area contributed by atoms with E-state index in [1.54, 1.807) is 36.4 Å². The largest absolute Gasteiger partial charge is 0.400 e. The van der Waals surface area contributed by atoms with Crippen molar-refractivity contribution in [3.05, 3.63) is 88.0 Å². The van der Waals surface area contributed by atoms with Gasteiger partial charge in [-0.1, -0.05) is 47.5 Å². The van der Waals surface area contributed by atoms with Crippen LogP contribution in [0.4, 0.5) is 0 Å². The summed E-state index contributed by atoms with van der Waals surface area (Å²) in [6.07, 6.45) is 0. The number of hydrogen-bond donors (Lipinski definition) is 1. The Kier molecular flexibility index (Phi) is 3.78. The standard InChI is InChI=1S/C20H11N5O5/c26-15-10-14(11-6-2-1-3-7-11)21-20-22-16(23-24(15)20)19(29)30-25-17(27)12-8-4-5-9-13(12)18(25)28/h1-10H,(H,21,22,23). The lowest BCUT2D eigenvalue weighted by molar-refractivity contribution is -0.0592. The summed E-state index contributed by atoms with van der Waals surface area (Å²) in [5.41, 5.74) is 0.851. The van der Waals surface area contributed by atoms with Gasteiger partial charge in [0.1, 0.15) is 0 Å². The summed E-state index contributed by atoms with van der Waals surface area (Å²) in [6.45, 7) is 0. The van der Waals surface area contributed by atoms with E-state index in [1.807, 2.05) is 6.07 Å². The van der Waals surface area contributed by atoms with Crippen molar-refractivity contribution in [2.24, 2.45) is 0 Å². The van der Waals surface area contributed by atoms with Gasteiger partial charge in [0.05, 0.1) is 16.8 Å². The molecule has 3 heterocycles. The number of imide groups is 1. The molecule has 1 aliphatic heterocycles. The molecule has 146 valence electrons. The van der Waals surface area contributed by atoms with E-state index in [9.17, 15) is 19.2 Å². The number of hydroxylamine groups is 2. The maximum absolute atomic E-state index is 12.5. The van der Waals surface area contributed by atoms with E-state index in [2.05, 4.69) is 15.1 Å². The average molecular weight is 401 g/mol. The lowest BCUT2D eigenvalue weighted by atomic mass is 10.1. The van der Waals surface area contributed by atoms with Crippen molar-refractivity contribution >= 4 is 23.6 Å². The fourth-order valence-corrected chi connectivity index (χ4v) is 3.11. The molecule has 0 fully saturated rings. The maximum atomic E-state index is 12.5. The van der Waals surface area contributed by atoms with E-state index in [4.69, 9.17) is 4.84 Å². The highest BCUT2D eigenvalue weighted by Gasteiger charge is 2.39. The molecule has 5 rings (SSSR count). The van der Waals surface area contributed by atoms with E-state index < -0.39 is 23.3 Å². The van der Waals surface area contributed by atoms with Gasteiger partial charge in [-0.3, -0.25) is 19.5 Å². The van der Waals surface area contributed by atoms with Crippen LogP contribution in [0.15, 0.2) is 65.5 Å². The number of rotatable bonds is 3. The van der Waals surface area contributed by atoms with Crippen molar-refractivity contribution in [1.29, 1.82) is 0 Å². The molecule has 1 N–H and O–H groups in total. The zero-order valence-corrected chi connectivity index (χ0v) is 15.1. The minimum absolute atomic E-state index is 0.0596. The van der Waals surface area contributed by atoms with Crippen LogP contribution >= 0.6 is 0 Å². The predicted molar refractivity (Wildman–Crippen MR) is 101 cm³/mol. The molecule has 0 unspecified atom stereocenters. The lowest BCUT2D eigenvalue weighted by Gasteiger charge is -2.10. The van der Waals surface area contributed by atoms with Gasteiger partial charge in [-0.15, -0.1) is 0 Å². The number of benzene rings is 2. The van der Waals surface area contributed by atoms with Gasteiger partial charge >= 0.3 is 5.97 Å². The van der Waals surface area contributed by atoms with Crippen molar-refractivity contribution in [1.82, 2.24) is 24.6 Å². The molecule has 2 aromatic carbocycles. The fraction of sp³-hybridized carbons (Fsp3) is 0. The molecule has 4 aromatic rings. The molecule has 0 saturated carbocycles. The molecule has 10 nitrogen and oxygen atoms in total. The van der Waals surface area contributed by atoms with Crippen LogP contribution in [0.3, 0.4) is 0 Å². The zero-order valence-electron chi connectivity index (χ0n) is 15.1. The third-order valence-electron chi connectivity index (χ3n) is 4.52. The normalized spacial score (nSPS) is 13.0. The molecule has 0 saturated heterocycles. The highest BCUT2D eigenvalue weighted by molar-refractivity contribution is 6.21. The molecular formula is C20H11N5O5. The molecule has 0 bridgehead atoms. The number of nitrogens with zero attached hydrogens (tertiary/aromatic N) is 4. The zero-order chi connectivity index (χ0) is 20.8. The molecular weight excluding hydrogens is 390 g/mol. The highest BCUT2D eigenvalue weighted by Crippen LogP contribution is 2.23. The van der Waals surface area contributed by atoms with Gasteiger partial charge in [-0.2, -0.15) is 9.50 Å². The number of aromatic nitrogens is 4. The first-order chi connectivity index (χ1) is 14.5. The van der Waals surface area contributed by atoms with Crippen LogP contribution in [0.2, 0.25) is 0 Å². The fourth-order valence-electron chi connectivity index (χ4n) is 3.11. The van der Waals surface area contributed by atoms with Crippen molar-refractivity contribution < 1.29 is 19.2 Å². The number of fused-ring (bicyclic) bond motifs is 2. The lowest BCUT2D eigenvalue weighted by Crippen LogP contribution is -2.33. The highest BCUT2D eigenvalue weighted by atomic mass is 16.7. The monoisotopic (exact) mass is 401 g/mol. The third kappa shape index (κ3) is 2.66. The Morgan fingerprint density at radius 2 is 1.50 bits per heavy atom. The van der Waals surface area contributed by atoms with Gasteiger partial charge in [-0.25, -0.2) is 9.78 Å². The SMILES string of the molecule is O=C(ON1C(=O)c2ccccc2C1=O)c1nc2nc(-c3ccccc3)cc(=O)n2[nH]1. The van der Waals surface area contributed by atoms with E-state index in [1.165, 1.54) is 18.2 Å². The number of amides is 2. The van der Waals surface area contributed by atoms with Crippen molar-refractivity contribution in [2.45, 2.75) is 0 Å². The maximum Gasteiger partial charge on any atom is 0.400 e. The number of carbonyl (C=O) groups is 3. The van der Waals surface area contributed by atoms with Gasteiger partial charge < -0.3 is 4.84 Å². The second kappa shape index (κ2) is 6.48. The molecule has 2 amide bonds. The van der Waals surface area contributed by atoms with E-state index in [0.29, 0.717) is 16.3 Å². The first-order valence-electron chi connectivity index (χ1n) is 8.78. The van der Waals surface area contributed by atoms with Crippen molar-refractivity contribution in [3.8, 4) is 11.3 Å². The Labute approximate surface area is 167 Å². The summed E-state index contributed by atoms with van der Waals surface area (Å²) < 4.78 is 0.964. The molecule has 0 spiro atoms. The summed E-state index contributed by atoms with van der Waals surface area (Å²) in [4.78, 5) is 62.7. The molecule has 30 heavy (non-hydrogen) atoms. The summed E-state index contributed by atoms with van der Waals surface area (Å²) in [5, 5.41) is 2.84. The van der Waals surface area contributed by atoms with Crippen LogP contribution < -0.4 is 5.56 Å². The molecule has 0 radical (unpaired) electrons. The Morgan fingerprint density at radius 3 is 2.17 bits per heavy atom. The van der Waals surface area contributed by atoms with Crippen LogP contribution in [0.1, 0.15) is 31.3 Å². The molecule has 2 aromatic heterocycles. The molecule has 1 aliphatic rings. The third-order valence-corrected chi connectivity index (χ3v) is 4.52. The first kappa shape index (κ1) is 17.5. The van der Waals surface area contributed by atoms with E-state index in [-0.39, 0.29) is 22.7 Å². The molecule has 0 aliphatic carbocycles. The Hall–Kier alpha value is -4.60. The van der Waals surface area contributed by atoms with Gasteiger partial charge in [0, 0.05) is 11.6 Å². The minimum Gasteiger partial charge on any atom is -0.321 e. The van der Waals surface area contributed by atoms with Gasteiger partial charge in [0.15, 0.2) is 0 Å². The smallest absolute Gasteiger partial charge is 0.321 e. The van der Waals surface area contributed by atoms with Crippen molar-refractivity contribution in [2.75, 3.05) is 0 Å². The predicted octanol–water partition coefficient (Wildman–Crippen LogP) is 1.45. The Morgan fingerprint density at radius 1 is 0.867 bits per heavy atom. The first-order valence-corrected chi connectivity index (χ1v) is 8.78. The second-order valence-electron chi connectivity index (χ2n) is 6.38. The van der Waals surface area contributed by atoms with Crippen LogP contribution in [-0.4, -0.2) is 42.4 Å². The van der Waals surface area contributed by atoms with Crippen LogP contribution in [-0.2, 0) is 4.84 Å². The summed E-state index contributed by atoms with van der Waals surface area (Å²) in [5.74, 6) is -3.09. The van der Waals surface area contributed by atoms with Crippen LogP contribution in [0.25, 0.3) is 17.0 Å². The number of H-pyrrole nitrogens is 1. The number of carbonyl (C=O) groups excluding carboxylic acids is 3. The summed E-state index contributed by atoms with van der Waals surface area (Å²) >= 11 is 0. The van der Waals surface area contributed by atoms with Gasteiger partial charge in [-0.05, 0) is 12.1 Å². The van der Waals surface area contributed by atoms with Gasteiger partial charge in [0.25, 0.3) is 23.2 Å². The van der Waals surface area contributed by atoms with Crippen LogP contribution in [0, 0.1) is 0 Å². The Bertz CT molecular complexity index is 1370. The Balaban J connectivity index is 1.46.